The number of rotatable bonds is 5. The first-order chi connectivity index (χ1) is 13.7. The van der Waals surface area contributed by atoms with Crippen LogP contribution in [0, 0.1) is 5.41 Å². The fourth-order valence-corrected chi connectivity index (χ4v) is 4.77. The lowest BCUT2D eigenvalue weighted by Crippen LogP contribution is -2.47. The number of piperazine rings is 1. The molecule has 2 aromatic heterocycles. The van der Waals surface area contributed by atoms with Gasteiger partial charge in [0, 0.05) is 44.4 Å². The molecule has 1 N–H and O–H groups in total. The van der Waals surface area contributed by atoms with Gasteiger partial charge in [-0.2, -0.15) is 0 Å². The molecule has 0 aromatic carbocycles. The normalized spacial score (nSPS) is 20.9. The van der Waals surface area contributed by atoms with Gasteiger partial charge in [-0.1, -0.05) is 6.07 Å². The summed E-state index contributed by atoms with van der Waals surface area (Å²) in [4.78, 5) is 29.7. The summed E-state index contributed by atoms with van der Waals surface area (Å²) < 4.78 is 0. The Morgan fingerprint density at radius 2 is 1.96 bits per heavy atom. The van der Waals surface area contributed by atoms with E-state index in [0.717, 1.165) is 81.3 Å². The summed E-state index contributed by atoms with van der Waals surface area (Å²) in [5.41, 5.74) is 2.62. The maximum atomic E-state index is 12.5. The Labute approximate surface area is 166 Å². The van der Waals surface area contributed by atoms with E-state index < -0.39 is 0 Å². The first-order valence-electron chi connectivity index (χ1n) is 10.7. The molecule has 5 rings (SSSR count). The molecule has 1 saturated heterocycles. The summed E-state index contributed by atoms with van der Waals surface area (Å²) in [7, 11) is 0. The topological polar surface area (TPSA) is 65.1 Å². The highest BCUT2D eigenvalue weighted by Gasteiger charge is 2.45. The molecule has 2 aliphatic carbocycles. The fourth-order valence-electron chi connectivity index (χ4n) is 4.77. The average Bonchev–Trinajstić information content (AvgIpc) is 3.49. The van der Waals surface area contributed by atoms with Crippen molar-refractivity contribution >= 4 is 5.82 Å². The van der Waals surface area contributed by atoms with Gasteiger partial charge in [-0.05, 0) is 62.6 Å². The van der Waals surface area contributed by atoms with E-state index in [0.29, 0.717) is 5.41 Å². The van der Waals surface area contributed by atoms with Gasteiger partial charge in [-0.15, -0.1) is 0 Å². The van der Waals surface area contributed by atoms with E-state index in [1.807, 2.05) is 18.3 Å². The maximum absolute atomic E-state index is 12.5. The Morgan fingerprint density at radius 1 is 1.11 bits per heavy atom. The molecule has 0 radical (unpaired) electrons. The predicted molar refractivity (Wildman–Crippen MR) is 110 cm³/mol. The van der Waals surface area contributed by atoms with Gasteiger partial charge in [0.25, 0.3) is 5.56 Å². The summed E-state index contributed by atoms with van der Waals surface area (Å²) in [6.07, 6.45) is 9.49. The Bertz CT molecular complexity index is 882. The number of aryl methyl sites for hydroxylation is 2. The second-order valence-electron chi connectivity index (χ2n) is 8.73. The van der Waals surface area contributed by atoms with Crippen molar-refractivity contribution in [3.05, 3.63) is 51.8 Å². The quantitative estimate of drug-likeness (QED) is 0.863. The van der Waals surface area contributed by atoms with Crippen LogP contribution in [-0.4, -0.2) is 52.6 Å². The SMILES string of the molecule is O=c1[nH]c(CCCN2CCN(c3ccccn3)CC2)nc2c1CC1(CC2)CC1. The number of aromatic nitrogens is 3. The van der Waals surface area contributed by atoms with E-state index in [1.165, 1.54) is 19.3 Å². The van der Waals surface area contributed by atoms with Crippen LogP contribution in [0.4, 0.5) is 5.82 Å². The molecule has 3 heterocycles. The van der Waals surface area contributed by atoms with Crippen molar-refractivity contribution in [2.75, 3.05) is 37.6 Å². The van der Waals surface area contributed by atoms with E-state index in [-0.39, 0.29) is 5.56 Å². The Kier molecular flexibility index (Phi) is 4.67. The van der Waals surface area contributed by atoms with Gasteiger partial charge in [-0.25, -0.2) is 9.97 Å². The second kappa shape index (κ2) is 7.32. The molecule has 0 amide bonds. The molecule has 2 fully saturated rings. The molecule has 28 heavy (non-hydrogen) atoms. The molecule has 3 aliphatic rings. The summed E-state index contributed by atoms with van der Waals surface area (Å²) in [5, 5.41) is 0. The molecule has 1 saturated carbocycles. The van der Waals surface area contributed by atoms with Crippen LogP contribution in [0.3, 0.4) is 0 Å². The van der Waals surface area contributed by atoms with Crippen molar-refractivity contribution < 1.29 is 0 Å². The number of aromatic amines is 1. The van der Waals surface area contributed by atoms with Gasteiger partial charge >= 0.3 is 0 Å². The zero-order valence-electron chi connectivity index (χ0n) is 16.5. The molecule has 1 spiro atoms. The Morgan fingerprint density at radius 3 is 2.71 bits per heavy atom. The first-order valence-corrected chi connectivity index (χ1v) is 10.7. The lowest BCUT2D eigenvalue weighted by atomic mass is 9.84. The molecule has 0 atom stereocenters. The molecular formula is C22H29N5O. The second-order valence-corrected chi connectivity index (χ2v) is 8.73. The smallest absolute Gasteiger partial charge is 0.254 e. The third kappa shape index (κ3) is 3.70. The lowest BCUT2D eigenvalue weighted by Gasteiger charge is -2.35. The monoisotopic (exact) mass is 379 g/mol. The van der Waals surface area contributed by atoms with Gasteiger partial charge in [0.05, 0.1) is 5.69 Å². The largest absolute Gasteiger partial charge is 0.354 e. The first kappa shape index (κ1) is 17.9. The van der Waals surface area contributed by atoms with E-state index in [9.17, 15) is 4.79 Å². The number of pyridine rings is 1. The van der Waals surface area contributed by atoms with Crippen molar-refractivity contribution in [2.45, 2.75) is 44.9 Å². The van der Waals surface area contributed by atoms with Crippen LogP contribution >= 0.6 is 0 Å². The van der Waals surface area contributed by atoms with Crippen LogP contribution in [0.15, 0.2) is 29.2 Å². The third-order valence-corrected chi connectivity index (χ3v) is 6.78. The third-order valence-electron chi connectivity index (χ3n) is 6.78. The van der Waals surface area contributed by atoms with Gasteiger partial charge < -0.3 is 9.88 Å². The minimum absolute atomic E-state index is 0.120. The van der Waals surface area contributed by atoms with Crippen molar-refractivity contribution in [2.24, 2.45) is 5.41 Å². The zero-order valence-corrected chi connectivity index (χ0v) is 16.5. The highest BCUT2D eigenvalue weighted by atomic mass is 16.1. The highest BCUT2D eigenvalue weighted by molar-refractivity contribution is 5.38. The number of anilines is 1. The molecule has 1 aliphatic heterocycles. The van der Waals surface area contributed by atoms with Crippen LogP contribution in [-0.2, 0) is 19.3 Å². The molecule has 0 unspecified atom stereocenters. The number of fused-ring (bicyclic) bond motifs is 1. The van der Waals surface area contributed by atoms with E-state index in [2.05, 4.69) is 25.8 Å². The zero-order chi connectivity index (χ0) is 19.0. The van der Waals surface area contributed by atoms with Crippen molar-refractivity contribution in [3.63, 3.8) is 0 Å². The van der Waals surface area contributed by atoms with Gasteiger partial charge in [0.2, 0.25) is 0 Å². The average molecular weight is 380 g/mol. The van der Waals surface area contributed by atoms with Crippen LogP contribution in [0.2, 0.25) is 0 Å². The number of nitrogens with one attached hydrogen (secondary N) is 1. The van der Waals surface area contributed by atoms with Crippen molar-refractivity contribution in [3.8, 4) is 0 Å². The van der Waals surface area contributed by atoms with Crippen molar-refractivity contribution in [1.82, 2.24) is 19.9 Å². The van der Waals surface area contributed by atoms with Gasteiger partial charge in [0.15, 0.2) is 0 Å². The molecule has 148 valence electrons. The summed E-state index contributed by atoms with van der Waals surface area (Å²) in [6, 6.07) is 6.09. The number of H-pyrrole nitrogens is 1. The predicted octanol–water partition coefficient (Wildman–Crippen LogP) is 2.19. The van der Waals surface area contributed by atoms with E-state index in [4.69, 9.17) is 4.98 Å². The summed E-state index contributed by atoms with van der Waals surface area (Å²) >= 11 is 0. The number of hydrogen-bond acceptors (Lipinski definition) is 5. The van der Waals surface area contributed by atoms with Crippen molar-refractivity contribution in [1.29, 1.82) is 0 Å². The maximum Gasteiger partial charge on any atom is 0.254 e. The highest BCUT2D eigenvalue weighted by Crippen LogP contribution is 2.53. The van der Waals surface area contributed by atoms with E-state index >= 15 is 0 Å². The summed E-state index contributed by atoms with van der Waals surface area (Å²) in [5.74, 6) is 1.95. The molecular weight excluding hydrogens is 350 g/mol. The molecule has 2 aromatic rings. The number of hydrogen-bond donors (Lipinski definition) is 1. The molecule has 6 heteroatoms. The van der Waals surface area contributed by atoms with Gasteiger partial charge in [0.1, 0.15) is 11.6 Å². The van der Waals surface area contributed by atoms with Crippen LogP contribution in [0.5, 0.6) is 0 Å². The standard InChI is InChI=1S/C22H29N5O/c28-21-17-16-22(8-9-22)7-6-18(17)24-19(25-21)4-3-11-26-12-14-27(15-13-26)20-5-1-2-10-23-20/h1-2,5,10H,3-4,6-9,11-16H2,(H,24,25,28). The minimum atomic E-state index is 0.120. The van der Waals surface area contributed by atoms with Crippen LogP contribution in [0.1, 0.15) is 42.8 Å². The Balaban J connectivity index is 1.12. The van der Waals surface area contributed by atoms with Gasteiger partial charge in [-0.3, -0.25) is 9.69 Å². The Hall–Kier alpha value is -2.21. The van der Waals surface area contributed by atoms with Crippen LogP contribution < -0.4 is 10.5 Å². The molecule has 6 nitrogen and oxygen atoms in total. The summed E-state index contributed by atoms with van der Waals surface area (Å²) in [6.45, 7) is 5.22. The lowest BCUT2D eigenvalue weighted by molar-refractivity contribution is 0.254. The number of nitrogens with zero attached hydrogens (tertiary/aromatic N) is 4. The molecule has 0 bridgehead atoms. The minimum Gasteiger partial charge on any atom is -0.354 e. The van der Waals surface area contributed by atoms with E-state index in [1.54, 1.807) is 0 Å². The fraction of sp³-hybridized carbons (Fsp3) is 0.591. The van der Waals surface area contributed by atoms with Crippen LogP contribution in [0.25, 0.3) is 0 Å².